The van der Waals surface area contributed by atoms with Crippen LogP contribution in [0.25, 0.3) is 5.57 Å². The van der Waals surface area contributed by atoms with E-state index in [1.807, 2.05) is 0 Å². The Morgan fingerprint density at radius 3 is 1.45 bits per heavy atom. The molecule has 75 heavy (non-hydrogen) atoms. The summed E-state index contributed by atoms with van der Waals surface area (Å²) in [5, 5.41) is 0. The van der Waals surface area contributed by atoms with Crippen molar-refractivity contribution in [3.63, 3.8) is 0 Å². The lowest BCUT2D eigenvalue weighted by Crippen LogP contribution is -2.49. The Morgan fingerprint density at radius 2 is 0.960 bits per heavy atom. The van der Waals surface area contributed by atoms with Crippen molar-refractivity contribution in [2.75, 3.05) is 53.3 Å². The second kappa shape index (κ2) is 45.4. The van der Waals surface area contributed by atoms with Gasteiger partial charge in [0.05, 0.1) is 38.5 Å². The Bertz CT molecular complexity index is 1630. The molecule has 0 N–H and O–H groups in total. The Labute approximate surface area is 459 Å². The minimum absolute atomic E-state index is 0.0101. The first-order valence-corrected chi connectivity index (χ1v) is 31.0. The van der Waals surface area contributed by atoms with Gasteiger partial charge in [-0.2, -0.15) is 4.37 Å². The Balaban J connectivity index is 1.70. The number of nitrogens with zero attached hydrogens (tertiary/aromatic N) is 3. The third-order valence-corrected chi connectivity index (χ3v) is 14.6. The first-order valence-electron chi connectivity index (χ1n) is 30.3. The number of rotatable bonds is 50. The Hall–Kier alpha value is -3.59. The van der Waals surface area contributed by atoms with Crippen LogP contribution in [0.3, 0.4) is 0 Å². The molecule has 2 rings (SSSR count). The largest absolute Gasteiger partial charge is 0.475 e. The molecule has 432 valence electrons. The molecule has 0 aliphatic carbocycles. The predicted octanol–water partition coefficient (Wildman–Crippen LogP) is 14.9. The topological polar surface area (TPSA) is 167 Å². The molecule has 14 nitrogen and oxygen atoms in total. The molecule has 2 atom stereocenters. The van der Waals surface area contributed by atoms with Gasteiger partial charge in [-0.15, -0.1) is 4.37 Å². The first kappa shape index (κ1) is 67.5. The molecule has 0 bridgehead atoms. The number of ether oxygens (including phenoxy) is 6. The molecule has 2 unspecified atom stereocenters. The summed E-state index contributed by atoms with van der Waals surface area (Å²) in [5.74, 6) is -1.91. The predicted molar refractivity (Wildman–Crippen MR) is 300 cm³/mol. The van der Waals surface area contributed by atoms with Crippen molar-refractivity contribution in [3.8, 4) is 5.88 Å². The molecule has 1 aliphatic rings. The van der Waals surface area contributed by atoms with Gasteiger partial charge in [0, 0.05) is 44.1 Å². The zero-order chi connectivity index (χ0) is 54.5. The number of quaternary nitrogens is 1. The van der Waals surface area contributed by atoms with Crippen LogP contribution in [0.2, 0.25) is 0 Å². The first-order chi connectivity index (χ1) is 36.5. The van der Waals surface area contributed by atoms with Crippen molar-refractivity contribution in [2.45, 2.75) is 271 Å². The highest BCUT2D eigenvalue weighted by molar-refractivity contribution is 6.99. The van der Waals surface area contributed by atoms with Gasteiger partial charge >= 0.3 is 29.8 Å². The third kappa shape index (κ3) is 37.0. The lowest BCUT2D eigenvalue weighted by Gasteiger charge is -2.36. The lowest BCUT2D eigenvalue weighted by molar-refractivity contribution is -0.919. The number of unbranched alkanes of at least 4 members (excludes halogenated alkanes) is 27. The molecule has 1 aromatic rings. The lowest BCUT2D eigenvalue weighted by atomic mass is 10.0. The van der Waals surface area contributed by atoms with E-state index in [0.717, 1.165) is 93.7 Å². The van der Waals surface area contributed by atoms with E-state index in [-0.39, 0.29) is 88.9 Å². The molecule has 0 aromatic carbocycles. The molecule has 0 spiro atoms. The van der Waals surface area contributed by atoms with E-state index >= 15 is 0 Å². The summed E-state index contributed by atoms with van der Waals surface area (Å²) in [4.78, 5) is 63.9. The van der Waals surface area contributed by atoms with E-state index in [9.17, 15) is 24.0 Å². The van der Waals surface area contributed by atoms with E-state index in [1.165, 1.54) is 135 Å². The monoisotopic (exact) mass is 1080 g/mol. The van der Waals surface area contributed by atoms with Gasteiger partial charge in [0.2, 0.25) is 6.73 Å². The molecular formula is C60H106N3O11S+. The van der Waals surface area contributed by atoms with Gasteiger partial charge in [-0.1, -0.05) is 207 Å². The molecular weight excluding hydrogens is 971 g/mol. The van der Waals surface area contributed by atoms with E-state index < -0.39 is 18.0 Å². The number of esters is 5. The van der Waals surface area contributed by atoms with Crippen LogP contribution in [0, 0.1) is 5.92 Å². The summed E-state index contributed by atoms with van der Waals surface area (Å²) in [7, 11) is 2.05. The molecule has 0 saturated carbocycles. The van der Waals surface area contributed by atoms with Gasteiger partial charge in [0.1, 0.15) is 25.5 Å². The molecule has 2 heterocycles. The fraction of sp³-hybridized carbons (Fsp3) is 0.850. The Kier molecular flexibility index (Phi) is 40.9. The van der Waals surface area contributed by atoms with Crippen molar-refractivity contribution in [1.82, 2.24) is 8.75 Å². The van der Waals surface area contributed by atoms with E-state index in [0.29, 0.717) is 23.5 Å². The van der Waals surface area contributed by atoms with Gasteiger partial charge in [0.25, 0.3) is 5.88 Å². The minimum atomic E-state index is -0.947. The van der Waals surface area contributed by atoms with Crippen LogP contribution in [0.5, 0.6) is 5.88 Å². The molecule has 0 saturated heterocycles. The summed E-state index contributed by atoms with van der Waals surface area (Å²) >= 11 is 1.14. The van der Waals surface area contributed by atoms with Crippen LogP contribution in [0.1, 0.15) is 271 Å². The summed E-state index contributed by atoms with van der Waals surface area (Å²) in [6.07, 6.45) is 38.8. The quantitative estimate of drug-likeness (QED) is 0.0262. The van der Waals surface area contributed by atoms with Gasteiger partial charge in [0.15, 0.2) is 6.10 Å². The van der Waals surface area contributed by atoms with Crippen molar-refractivity contribution in [1.29, 1.82) is 0 Å². The second-order valence-corrected chi connectivity index (χ2v) is 22.3. The van der Waals surface area contributed by atoms with Crippen molar-refractivity contribution < 1.29 is 56.9 Å². The van der Waals surface area contributed by atoms with Crippen molar-refractivity contribution in [3.05, 3.63) is 11.8 Å². The zero-order valence-corrected chi connectivity index (χ0v) is 48.9. The van der Waals surface area contributed by atoms with E-state index in [2.05, 4.69) is 42.6 Å². The average molecular weight is 1080 g/mol. The fourth-order valence-electron chi connectivity index (χ4n) is 9.40. The highest BCUT2D eigenvalue weighted by Gasteiger charge is 2.31. The number of hydrogen-bond acceptors (Lipinski definition) is 14. The van der Waals surface area contributed by atoms with Crippen molar-refractivity contribution >= 4 is 47.1 Å². The number of likely N-dealkylation sites (N-methyl/N-ethyl adjacent to an activating group) is 1. The van der Waals surface area contributed by atoms with E-state index in [4.69, 9.17) is 28.4 Å². The number of aromatic nitrogens is 2. The molecule has 0 amide bonds. The maximum absolute atomic E-state index is 13.0. The number of carbonyl (C=O) groups excluding carboxylic acids is 5. The highest BCUT2D eigenvalue weighted by Crippen LogP contribution is 2.30. The molecule has 15 heteroatoms. The van der Waals surface area contributed by atoms with Gasteiger partial charge < -0.3 is 28.4 Å². The average Bonchev–Trinajstić information content (AvgIpc) is 3.87. The minimum Gasteiger partial charge on any atom is -0.475 e. The molecule has 0 radical (unpaired) electrons. The van der Waals surface area contributed by atoms with Crippen LogP contribution in [0.4, 0.5) is 0 Å². The molecule has 1 aliphatic heterocycles. The van der Waals surface area contributed by atoms with Gasteiger partial charge in [-0.25, -0.2) is 0 Å². The van der Waals surface area contributed by atoms with E-state index in [1.54, 1.807) is 6.92 Å². The van der Waals surface area contributed by atoms with Crippen LogP contribution in [-0.2, 0) is 47.7 Å². The standard InChI is InChI=1S/C60H106N3O11S/c1-6-9-12-15-17-19-21-23-25-27-29-31-33-39-54(64)71-48-53(49-72-55(65)40-34-32-30-28-26-24-22-20-18-16-13-10-7-2)74-56(66)41-37-44-69-57(67)45-51(4)46-58(68)73-50-63(5)42-36-38-52(47-63)59-60(62-75-61-59)70-43-35-14-11-8-3/h38,51,53H,6-37,39-50H2,1-5H3/q+1. The maximum atomic E-state index is 13.0. The molecule has 1 aromatic heterocycles. The molecule has 0 fully saturated rings. The Morgan fingerprint density at radius 1 is 0.520 bits per heavy atom. The fourth-order valence-corrected chi connectivity index (χ4v) is 9.93. The zero-order valence-electron chi connectivity index (χ0n) is 48.1. The smallest absolute Gasteiger partial charge is 0.310 e. The van der Waals surface area contributed by atoms with Crippen LogP contribution >= 0.6 is 11.7 Å². The highest BCUT2D eigenvalue weighted by atomic mass is 32.1. The maximum Gasteiger partial charge on any atom is 0.310 e. The third-order valence-electron chi connectivity index (χ3n) is 14.1. The summed E-state index contributed by atoms with van der Waals surface area (Å²) < 4.78 is 43.2. The van der Waals surface area contributed by atoms with Crippen LogP contribution in [0.15, 0.2) is 6.08 Å². The number of carbonyl (C=O) groups is 5. The number of hydrogen-bond donors (Lipinski definition) is 0. The summed E-state index contributed by atoms with van der Waals surface area (Å²) in [5.41, 5.74) is 1.80. The van der Waals surface area contributed by atoms with Crippen molar-refractivity contribution in [2.24, 2.45) is 5.92 Å². The van der Waals surface area contributed by atoms with Gasteiger partial charge in [-0.3, -0.25) is 28.5 Å². The summed E-state index contributed by atoms with van der Waals surface area (Å²) in [6, 6.07) is 0. The second-order valence-electron chi connectivity index (χ2n) is 21.8. The normalized spacial score (nSPS) is 14.8. The summed E-state index contributed by atoms with van der Waals surface area (Å²) in [6.45, 7) is 10.3. The van der Waals surface area contributed by atoms with Crippen LogP contribution in [-0.4, -0.2) is 102 Å². The van der Waals surface area contributed by atoms with Gasteiger partial charge in [-0.05, 0) is 31.6 Å². The SMILES string of the molecule is CCCCCCCCCCCCCCCC(=O)OCC(COC(=O)CCCCCCCCCCCCCCC)OC(=O)CCCOC(=O)CC(C)CC(=O)OC[N+]1(C)CCC=C(c2nsnc2OCCCCCC)C1. The van der Waals surface area contributed by atoms with Crippen LogP contribution < -0.4 is 4.74 Å².